The zero-order valence-electron chi connectivity index (χ0n) is 11.2. The number of piperidine rings is 1. The van der Waals surface area contributed by atoms with Gasteiger partial charge in [-0.1, -0.05) is 19.1 Å². The SMILES string of the molecule is CC1CCCN(CCC(O)c2cccc(N)c2)C1. The first kappa shape index (κ1) is 13.4. The Morgan fingerprint density at radius 2 is 2.33 bits per heavy atom. The van der Waals surface area contributed by atoms with Crippen molar-refractivity contribution in [1.29, 1.82) is 0 Å². The molecule has 18 heavy (non-hydrogen) atoms. The monoisotopic (exact) mass is 248 g/mol. The van der Waals surface area contributed by atoms with E-state index in [9.17, 15) is 5.11 Å². The molecular weight excluding hydrogens is 224 g/mol. The zero-order chi connectivity index (χ0) is 13.0. The first-order valence-corrected chi connectivity index (χ1v) is 6.91. The van der Waals surface area contributed by atoms with Crippen LogP contribution < -0.4 is 5.73 Å². The molecule has 1 fully saturated rings. The maximum atomic E-state index is 10.2. The van der Waals surface area contributed by atoms with Gasteiger partial charge in [-0.3, -0.25) is 0 Å². The third-order valence-corrected chi connectivity index (χ3v) is 3.76. The fourth-order valence-electron chi connectivity index (χ4n) is 2.73. The van der Waals surface area contributed by atoms with Gasteiger partial charge in [0.15, 0.2) is 0 Å². The molecule has 0 spiro atoms. The lowest BCUT2D eigenvalue weighted by molar-refractivity contribution is 0.122. The molecule has 2 unspecified atom stereocenters. The van der Waals surface area contributed by atoms with Gasteiger partial charge in [0.05, 0.1) is 6.10 Å². The fourth-order valence-corrected chi connectivity index (χ4v) is 2.73. The van der Waals surface area contributed by atoms with E-state index in [-0.39, 0.29) is 0 Å². The minimum Gasteiger partial charge on any atom is -0.399 e. The van der Waals surface area contributed by atoms with E-state index in [4.69, 9.17) is 5.73 Å². The zero-order valence-corrected chi connectivity index (χ0v) is 11.2. The summed E-state index contributed by atoms with van der Waals surface area (Å²) in [4.78, 5) is 2.46. The van der Waals surface area contributed by atoms with Crippen LogP contribution in [0.2, 0.25) is 0 Å². The van der Waals surface area contributed by atoms with Crippen molar-refractivity contribution in [2.45, 2.75) is 32.3 Å². The van der Waals surface area contributed by atoms with E-state index in [1.807, 2.05) is 24.3 Å². The highest BCUT2D eigenvalue weighted by Crippen LogP contribution is 2.21. The number of rotatable bonds is 4. The summed E-state index contributed by atoms with van der Waals surface area (Å²) in [7, 11) is 0. The third kappa shape index (κ3) is 3.72. The van der Waals surface area contributed by atoms with Crippen molar-refractivity contribution in [3.05, 3.63) is 29.8 Å². The van der Waals surface area contributed by atoms with Gasteiger partial charge in [-0.15, -0.1) is 0 Å². The maximum Gasteiger partial charge on any atom is 0.0803 e. The summed E-state index contributed by atoms with van der Waals surface area (Å²) in [6.45, 7) is 5.62. The van der Waals surface area contributed by atoms with Gasteiger partial charge >= 0.3 is 0 Å². The van der Waals surface area contributed by atoms with E-state index in [1.165, 1.54) is 25.9 Å². The normalized spacial score (nSPS) is 22.9. The van der Waals surface area contributed by atoms with Crippen molar-refractivity contribution < 1.29 is 5.11 Å². The predicted octanol–water partition coefficient (Wildman–Crippen LogP) is 2.42. The van der Waals surface area contributed by atoms with E-state index in [2.05, 4.69) is 11.8 Å². The number of aliphatic hydroxyl groups excluding tert-OH is 1. The molecule has 3 heteroatoms. The van der Waals surface area contributed by atoms with Crippen molar-refractivity contribution in [2.75, 3.05) is 25.4 Å². The molecule has 0 bridgehead atoms. The summed E-state index contributed by atoms with van der Waals surface area (Å²) < 4.78 is 0. The highest BCUT2D eigenvalue weighted by Gasteiger charge is 2.17. The molecule has 1 aliphatic heterocycles. The van der Waals surface area contributed by atoms with Crippen LogP contribution in [0.3, 0.4) is 0 Å². The Balaban J connectivity index is 1.82. The van der Waals surface area contributed by atoms with Crippen LogP contribution >= 0.6 is 0 Å². The summed E-state index contributed by atoms with van der Waals surface area (Å²) in [6.07, 6.45) is 3.02. The van der Waals surface area contributed by atoms with E-state index < -0.39 is 6.10 Å². The van der Waals surface area contributed by atoms with Crippen LogP contribution in [0.1, 0.15) is 37.9 Å². The number of benzene rings is 1. The number of likely N-dealkylation sites (tertiary alicyclic amines) is 1. The number of anilines is 1. The molecule has 1 aliphatic rings. The number of hydrogen-bond acceptors (Lipinski definition) is 3. The lowest BCUT2D eigenvalue weighted by Crippen LogP contribution is -2.35. The molecule has 1 aromatic carbocycles. The Labute approximate surface area is 110 Å². The minimum atomic E-state index is -0.397. The molecule has 1 aromatic rings. The molecule has 1 heterocycles. The van der Waals surface area contributed by atoms with E-state index in [0.29, 0.717) is 0 Å². The molecule has 100 valence electrons. The van der Waals surface area contributed by atoms with Crippen molar-refractivity contribution >= 4 is 5.69 Å². The molecule has 3 nitrogen and oxygen atoms in total. The smallest absolute Gasteiger partial charge is 0.0803 e. The average Bonchev–Trinajstić information content (AvgIpc) is 2.36. The van der Waals surface area contributed by atoms with Crippen LogP contribution in [0.15, 0.2) is 24.3 Å². The topological polar surface area (TPSA) is 49.5 Å². The Morgan fingerprint density at radius 3 is 3.06 bits per heavy atom. The second kappa shape index (κ2) is 6.21. The molecule has 0 saturated carbocycles. The van der Waals surface area contributed by atoms with E-state index >= 15 is 0 Å². The second-order valence-electron chi connectivity index (χ2n) is 5.52. The second-order valence-corrected chi connectivity index (χ2v) is 5.52. The number of nitrogen functional groups attached to an aromatic ring is 1. The number of nitrogens with zero attached hydrogens (tertiary/aromatic N) is 1. The highest BCUT2D eigenvalue weighted by molar-refractivity contribution is 5.41. The molecular formula is C15H24N2O. The van der Waals surface area contributed by atoms with Crippen molar-refractivity contribution in [3.8, 4) is 0 Å². The van der Waals surface area contributed by atoms with Crippen LogP contribution in [-0.2, 0) is 0 Å². The summed E-state index contributed by atoms with van der Waals surface area (Å²) >= 11 is 0. The van der Waals surface area contributed by atoms with Gasteiger partial charge in [-0.2, -0.15) is 0 Å². The van der Waals surface area contributed by atoms with Crippen molar-refractivity contribution in [1.82, 2.24) is 4.90 Å². The minimum absolute atomic E-state index is 0.397. The number of aliphatic hydroxyl groups is 1. The summed E-state index contributed by atoms with van der Waals surface area (Å²) in [5.41, 5.74) is 7.38. The largest absolute Gasteiger partial charge is 0.399 e. The third-order valence-electron chi connectivity index (χ3n) is 3.76. The lowest BCUT2D eigenvalue weighted by atomic mass is 9.99. The van der Waals surface area contributed by atoms with Gasteiger partial charge in [0.25, 0.3) is 0 Å². The highest BCUT2D eigenvalue weighted by atomic mass is 16.3. The maximum absolute atomic E-state index is 10.2. The molecule has 1 saturated heterocycles. The molecule has 0 radical (unpaired) electrons. The predicted molar refractivity (Wildman–Crippen MR) is 75.3 cm³/mol. The quantitative estimate of drug-likeness (QED) is 0.805. The lowest BCUT2D eigenvalue weighted by Gasteiger charge is -2.31. The summed E-state index contributed by atoms with van der Waals surface area (Å²) in [5.74, 6) is 0.795. The summed E-state index contributed by atoms with van der Waals surface area (Å²) in [5, 5.41) is 10.2. The van der Waals surface area contributed by atoms with Gasteiger partial charge in [0.1, 0.15) is 0 Å². The Hall–Kier alpha value is -1.06. The molecule has 0 amide bonds. The van der Waals surface area contributed by atoms with Gasteiger partial charge in [-0.05, 0) is 49.4 Å². The Morgan fingerprint density at radius 1 is 1.50 bits per heavy atom. The number of hydrogen-bond donors (Lipinski definition) is 2. The van der Waals surface area contributed by atoms with Crippen molar-refractivity contribution in [3.63, 3.8) is 0 Å². The van der Waals surface area contributed by atoms with Crippen LogP contribution in [0.4, 0.5) is 5.69 Å². The molecule has 2 rings (SSSR count). The van der Waals surface area contributed by atoms with Crippen molar-refractivity contribution in [2.24, 2.45) is 5.92 Å². The van der Waals surface area contributed by atoms with Gasteiger partial charge in [-0.25, -0.2) is 0 Å². The van der Waals surface area contributed by atoms with E-state index in [0.717, 1.165) is 30.1 Å². The van der Waals surface area contributed by atoms with Gasteiger partial charge < -0.3 is 15.7 Å². The molecule has 2 atom stereocenters. The van der Waals surface area contributed by atoms with Crippen LogP contribution in [0, 0.1) is 5.92 Å². The average molecular weight is 248 g/mol. The van der Waals surface area contributed by atoms with Crippen LogP contribution in [-0.4, -0.2) is 29.6 Å². The summed E-state index contributed by atoms with van der Waals surface area (Å²) in [6, 6.07) is 7.56. The number of nitrogens with two attached hydrogens (primary N) is 1. The van der Waals surface area contributed by atoms with Crippen LogP contribution in [0.25, 0.3) is 0 Å². The molecule has 0 aliphatic carbocycles. The van der Waals surface area contributed by atoms with Gasteiger partial charge in [0.2, 0.25) is 0 Å². The Kier molecular flexibility index (Phi) is 4.61. The first-order chi connectivity index (χ1) is 8.65. The Bertz CT molecular complexity index is 381. The van der Waals surface area contributed by atoms with Crippen LogP contribution in [0.5, 0.6) is 0 Å². The first-order valence-electron chi connectivity index (χ1n) is 6.91. The van der Waals surface area contributed by atoms with Gasteiger partial charge in [0, 0.05) is 18.8 Å². The standard InChI is InChI=1S/C15H24N2O/c1-12-4-3-8-17(11-12)9-7-15(18)13-5-2-6-14(16)10-13/h2,5-6,10,12,15,18H,3-4,7-9,11,16H2,1H3. The molecule has 3 N–H and O–H groups in total. The van der Waals surface area contributed by atoms with E-state index in [1.54, 1.807) is 0 Å². The fraction of sp³-hybridized carbons (Fsp3) is 0.600. The molecule has 0 aromatic heterocycles.